The number of urea groups is 1. The van der Waals surface area contributed by atoms with Crippen LogP contribution in [0.4, 0.5) is 10.5 Å². The van der Waals surface area contributed by atoms with Crippen molar-refractivity contribution in [2.75, 3.05) is 11.9 Å². The Morgan fingerprint density at radius 1 is 1.33 bits per heavy atom. The van der Waals surface area contributed by atoms with Gasteiger partial charge in [0.25, 0.3) is 0 Å². The summed E-state index contributed by atoms with van der Waals surface area (Å²) in [6, 6.07) is 6.69. The van der Waals surface area contributed by atoms with Gasteiger partial charge in [0.05, 0.1) is 23.0 Å². The second-order valence-corrected chi connectivity index (χ2v) is 5.41. The molecule has 1 aromatic heterocycles. The van der Waals surface area contributed by atoms with Crippen molar-refractivity contribution < 1.29 is 4.79 Å². The maximum Gasteiger partial charge on any atom is 0.319 e. The van der Waals surface area contributed by atoms with Gasteiger partial charge < -0.3 is 10.6 Å². The maximum absolute atomic E-state index is 11.8. The van der Waals surface area contributed by atoms with Crippen LogP contribution in [0.5, 0.6) is 0 Å². The lowest BCUT2D eigenvalue weighted by atomic mass is 10.3. The van der Waals surface area contributed by atoms with Crippen molar-refractivity contribution >= 4 is 34.9 Å². The SMILES string of the molecule is Cc1nn(CCNC(=O)Nc2cccc(Cl)c2)c(C)c1Cl. The van der Waals surface area contributed by atoms with Crippen molar-refractivity contribution in [3.63, 3.8) is 0 Å². The lowest BCUT2D eigenvalue weighted by molar-refractivity contribution is 0.251. The van der Waals surface area contributed by atoms with Crippen LogP contribution in [0.25, 0.3) is 0 Å². The molecule has 7 heteroatoms. The van der Waals surface area contributed by atoms with Gasteiger partial charge in [0.15, 0.2) is 0 Å². The predicted octanol–water partition coefficient (Wildman–Crippen LogP) is 3.63. The van der Waals surface area contributed by atoms with E-state index in [1.165, 1.54) is 0 Å². The van der Waals surface area contributed by atoms with Gasteiger partial charge in [-0.15, -0.1) is 0 Å². The summed E-state index contributed by atoms with van der Waals surface area (Å²) in [5, 5.41) is 11.0. The van der Waals surface area contributed by atoms with Crippen molar-refractivity contribution in [3.8, 4) is 0 Å². The number of nitrogens with zero attached hydrogens (tertiary/aromatic N) is 2. The van der Waals surface area contributed by atoms with E-state index >= 15 is 0 Å². The largest absolute Gasteiger partial charge is 0.336 e. The molecule has 0 aliphatic carbocycles. The highest BCUT2D eigenvalue weighted by molar-refractivity contribution is 6.31. The second-order valence-electron chi connectivity index (χ2n) is 4.60. The molecule has 5 nitrogen and oxygen atoms in total. The molecule has 0 aliphatic heterocycles. The molecule has 0 unspecified atom stereocenters. The summed E-state index contributed by atoms with van der Waals surface area (Å²) in [5.41, 5.74) is 2.33. The minimum atomic E-state index is -0.287. The van der Waals surface area contributed by atoms with Crippen molar-refractivity contribution in [2.24, 2.45) is 0 Å². The molecule has 0 atom stereocenters. The summed E-state index contributed by atoms with van der Waals surface area (Å²) < 4.78 is 1.78. The van der Waals surface area contributed by atoms with Gasteiger partial charge >= 0.3 is 6.03 Å². The number of carbonyl (C=O) groups is 1. The molecule has 1 aromatic carbocycles. The van der Waals surface area contributed by atoms with Crippen molar-refractivity contribution in [1.29, 1.82) is 0 Å². The quantitative estimate of drug-likeness (QED) is 0.901. The van der Waals surface area contributed by atoms with E-state index in [9.17, 15) is 4.79 Å². The molecule has 0 saturated carbocycles. The summed E-state index contributed by atoms with van der Waals surface area (Å²) >= 11 is 11.9. The topological polar surface area (TPSA) is 59.0 Å². The Kier molecular flexibility index (Phi) is 5.09. The van der Waals surface area contributed by atoms with Gasteiger partial charge in [-0.25, -0.2) is 4.79 Å². The molecular formula is C14H16Cl2N4O. The normalized spacial score (nSPS) is 10.5. The number of hydrogen-bond donors (Lipinski definition) is 2. The number of nitrogens with one attached hydrogen (secondary N) is 2. The smallest absolute Gasteiger partial charge is 0.319 e. The summed E-state index contributed by atoms with van der Waals surface area (Å²) in [5.74, 6) is 0. The summed E-state index contributed by atoms with van der Waals surface area (Å²) in [6.45, 7) is 4.76. The Hall–Kier alpha value is -1.72. The van der Waals surface area contributed by atoms with E-state index in [-0.39, 0.29) is 6.03 Å². The van der Waals surface area contributed by atoms with Crippen LogP contribution >= 0.6 is 23.2 Å². The zero-order chi connectivity index (χ0) is 15.4. The predicted molar refractivity (Wildman–Crippen MR) is 85.2 cm³/mol. The molecule has 2 amide bonds. The third kappa shape index (κ3) is 4.12. The Morgan fingerprint density at radius 3 is 2.71 bits per heavy atom. The average molecular weight is 327 g/mol. The number of anilines is 1. The van der Waals surface area contributed by atoms with Gasteiger partial charge in [-0.05, 0) is 32.0 Å². The molecule has 0 radical (unpaired) electrons. The fourth-order valence-corrected chi connectivity index (χ4v) is 2.24. The van der Waals surface area contributed by atoms with Gasteiger partial charge in [-0.2, -0.15) is 5.10 Å². The summed E-state index contributed by atoms with van der Waals surface area (Å²) in [7, 11) is 0. The van der Waals surface area contributed by atoms with Crippen LogP contribution in [0, 0.1) is 13.8 Å². The Morgan fingerprint density at radius 2 is 2.10 bits per heavy atom. The lowest BCUT2D eigenvalue weighted by Crippen LogP contribution is -2.31. The number of halogens is 2. The Balaban J connectivity index is 1.83. The highest BCUT2D eigenvalue weighted by Gasteiger charge is 2.09. The van der Waals surface area contributed by atoms with Gasteiger partial charge in [0.2, 0.25) is 0 Å². The van der Waals surface area contributed by atoms with E-state index in [1.807, 2.05) is 13.8 Å². The Bertz CT molecular complexity index is 654. The van der Waals surface area contributed by atoms with Crippen molar-refractivity contribution in [2.45, 2.75) is 20.4 Å². The van der Waals surface area contributed by atoms with Crippen LogP contribution in [0.15, 0.2) is 24.3 Å². The van der Waals surface area contributed by atoms with Gasteiger partial charge in [-0.1, -0.05) is 29.3 Å². The van der Waals surface area contributed by atoms with Crippen LogP contribution in [0.3, 0.4) is 0 Å². The number of amides is 2. The van der Waals surface area contributed by atoms with E-state index in [0.29, 0.717) is 28.8 Å². The molecule has 0 spiro atoms. The number of hydrogen-bond acceptors (Lipinski definition) is 2. The fourth-order valence-electron chi connectivity index (χ4n) is 1.91. The highest BCUT2D eigenvalue weighted by Crippen LogP contribution is 2.18. The third-order valence-corrected chi connectivity index (χ3v) is 3.77. The number of aryl methyl sites for hydroxylation is 1. The van der Waals surface area contributed by atoms with Gasteiger partial charge in [0, 0.05) is 17.3 Å². The standard InChI is InChI=1S/C14H16Cl2N4O/c1-9-13(16)10(2)20(19-9)7-6-17-14(21)18-12-5-3-4-11(15)8-12/h3-5,8H,6-7H2,1-2H3,(H2,17,18,21). The van der Waals surface area contributed by atoms with E-state index in [0.717, 1.165) is 11.4 Å². The van der Waals surface area contributed by atoms with Crippen LogP contribution in [0.2, 0.25) is 10.0 Å². The van der Waals surface area contributed by atoms with Gasteiger partial charge in [0.1, 0.15) is 0 Å². The monoisotopic (exact) mass is 326 g/mol. The second kappa shape index (κ2) is 6.83. The molecule has 2 N–H and O–H groups in total. The van der Waals surface area contributed by atoms with Crippen LogP contribution < -0.4 is 10.6 Å². The molecule has 1 heterocycles. The molecule has 0 bridgehead atoms. The first-order chi connectivity index (χ1) is 9.97. The lowest BCUT2D eigenvalue weighted by Gasteiger charge is -2.09. The van der Waals surface area contributed by atoms with E-state index in [2.05, 4.69) is 15.7 Å². The average Bonchev–Trinajstić information content (AvgIpc) is 2.66. The molecule has 2 aromatic rings. The molecule has 2 rings (SSSR count). The van der Waals surface area contributed by atoms with E-state index in [4.69, 9.17) is 23.2 Å². The molecule has 0 aliphatic rings. The van der Waals surface area contributed by atoms with Crippen LogP contribution in [-0.2, 0) is 6.54 Å². The first-order valence-electron chi connectivity index (χ1n) is 6.47. The molecule has 0 fully saturated rings. The Labute approximate surface area is 133 Å². The zero-order valence-corrected chi connectivity index (χ0v) is 13.3. The third-order valence-electron chi connectivity index (χ3n) is 2.98. The zero-order valence-electron chi connectivity index (χ0n) is 11.8. The van der Waals surface area contributed by atoms with Gasteiger partial charge in [-0.3, -0.25) is 4.68 Å². The fraction of sp³-hybridized carbons (Fsp3) is 0.286. The first-order valence-corrected chi connectivity index (χ1v) is 7.23. The molecular weight excluding hydrogens is 311 g/mol. The summed E-state index contributed by atoms with van der Waals surface area (Å²) in [4.78, 5) is 11.8. The van der Waals surface area contributed by atoms with Crippen LogP contribution in [-0.4, -0.2) is 22.4 Å². The number of rotatable bonds is 4. The number of aromatic nitrogens is 2. The number of benzene rings is 1. The van der Waals surface area contributed by atoms with Crippen molar-refractivity contribution in [3.05, 3.63) is 45.7 Å². The minimum Gasteiger partial charge on any atom is -0.336 e. The molecule has 112 valence electrons. The highest BCUT2D eigenvalue weighted by atomic mass is 35.5. The van der Waals surface area contributed by atoms with E-state index < -0.39 is 0 Å². The summed E-state index contributed by atoms with van der Waals surface area (Å²) in [6.07, 6.45) is 0. The van der Waals surface area contributed by atoms with E-state index in [1.54, 1.807) is 28.9 Å². The molecule has 0 saturated heterocycles. The van der Waals surface area contributed by atoms with Crippen molar-refractivity contribution in [1.82, 2.24) is 15.1 Å². The minimum absolute atomic E-state index is 0.287. The maximum atomic E-state index is 11.8. The molecule has 21 heavy (non-hydrogen) atoms. The van der Waals surface area contributed by atoms with Crippen LogP contribution in [0.1, 0.15) is 11.4 Å². The number of carbonyl (C=O) groups excluding carboxylic acids is 1. The first kappa shape index (κ1) is 15.7.